The minimum atomic E-state index is 0.590. The van der Waals surface area contributed by atoms with E-state index in [2.05, 4.69) is 9.97 Å². The molecule has 4 heterocycles. The Kier molecular flexibility index (Phi) is 2.49. The third kappa shape index (κ3) is 1.69. The summed E-state index contributed by atoms with van der Waals surface area (Å²) >= 11 is 12.4. The summed E-state index contributed by atoms with van der Waals surface area (Å²) in [5.41, 5.74) is 3.15. The van der Waals surface area contributed by atoms with Crippen LogP contribution in [-0.4, -0.2) is 18.8 Å². The Morgan fingerprint density at radius 1 is 1.00 bits per heavy atom. The van der Waals surface area contributed by atoms with Crippen LogP contribution in [-0.2, 0) is 0 Å². The fraction of sp³-hybridized carbons (Fsp3) is 0. The van der Waals surface area contributed by atoms with Crippen LogP contribution in [0.3, 0.4) is 0 Å². The molecule has 0 amide bonds. The van der Waals surface area contributed by atoms with Gasteiger partial charge in [0.15, 0.2) is 5.65 Å². The minimum absolute atomic E-state index is 0.590. The molecule has 0 aliphatic carbocycles. The third-order valence-corrected chi connectivity index (χ3v) is 3.81. The van der Waals surface area contributed by atoms with E-state index in [4.69, 9.17) is 23.2 Å². The lowest BCUT2D eigenvalue weighted by Gasteiger charge is -2.02. The summed E-state index contributed by atoms with van der Waals surface area (Å²) in [6, 6.07) is 5.56. The van der Waals surface area contributed by atoms with Crippen LogP contribution < -0.4 is 0 Å². The number of fused-ring (bicyclic) bond motifs is 2. The zero-order valence-corrected chi connectivity index (χ0v) is 11.7. The van der Waals surface area contributed by atoms with Crippen LogP contribution in [0.15, 0.2) is 49.2 Å². The molecule has 0 saturated carbocycles. The number of rotatable bonds is 1. The quantitative estimate of drug-likeness (QED) is 0.533. The molecule has 4 rings (SSSR count). The molecular weight excluding hydrogens is 295 g/mol. The van der Waals surface area contributed by atoms with Crippen LogP contribution in [0.1, 0.15) is 0 Å². The smallest absolute Gasteiger partial charge is 0.156 e. The van der Waals surface area contributed by atoms with Crippen molar-refractivity contribution < 1.29 is 0 Å². The van der Waals surface area contributed by atoms with Crippen molar-refractivity contribution in [2.45, 2.75) is 0 Å². The molecule has 4 nitrogen and oxygen atoms in total. The van der Waals surface area contributed by atoms with Crippen molar-refractivity contribution in [1.82, 2.24) is 18.8 Å². The molecule has 0 saturated heterocycles. The number of nitrogens with zero attached hydrogens (tertiary/aromatic N) is 4. The second kappa shape index (κ2) is 4.23. The van der Waals surface area contributed by atoms with E-state index in [1.807, 2.05) is 51.8 Å². The molecule has 98 valence electrons. The summed E-state index contributed by atoms with van der Waals surface area (Å²) in [6.07, 6.45) is 9.28. The van der Waals surface area contributed by atoms with Gasteiger partial charge >= 0.3 is 0 Å². The molecule has 0 radical (unpaired) electrons. The SMILES string of the molecule is Clc1ccn2cc(-c3ccn4ccnc4c3Cl)nc2c1. The summed E-state index contributed by atoms with van der Waals surface area (Å²) in [5, 5.41) is 1.25. The third-order valence-electron chi connectivity index (χ3n) is 3.20. The minimum Gasteiger partial charge on any atom is -0.306 e. The van der Waals surface area contributed by atoms with Gasteiger partial charge in [0, 0.05) is 47.6 Å². The van der Waals surface area contributed by atoms with Crippen LogP contribution in [0, 0.1) is 0 Å². The lowest BCUT2D eigenvalue weighted by Crippen LogP contribution is -1.87. The summed E-state index contributed by atoms with van der Waals surface area (Å²) in [4.78, 5) is 8.80. The number of halogens is 2. The van der Waals surface area contributed by atoms with Gasteiger partial charge in [-0.15, -0.1) is 0 Å². The van der Waals surface area contributed by atoms with Gasteiger partial charge < -0.3 is 8.80 Å². The Balaban J connectivity index is 1.98. The van der Waals surface area contributed by atoms with E-state index in [0.717, 1.165) is 22.6 Å². The molecule has 0 fully saturated rings. The predicted octanol–water partition coefficient (Wildman–Crippen LogP) is 3.96. The molecule has 0 unspecified atom stereocenters. The highest BCUT2D eigenvalue weighted by Gasteiger charge is 2.12. The molecule has 4 aromatic rings. The lowest BCUT2D eigenvalue weighted by atomic mass is 10.2. The fourth-order valence-corrected chi connectivity index (χ4v) is 2.70. The van der Waals surface area contributed by atoms with Crippen molar-refractivity contribution in [3.63, 3.8) is 0 Å². The first kappa shape index (κ1) is 11.8. The first-order valence-electron chi connectivity index (χ1n) is 5.98. The number of hydrogen-bond donors (Lipinski definition) is 0. The molecule has 0 N–H and O–H groups in total. The molecule has 0 spiro atoms. The molecule has 20 heavy (non-hydrogen) atoms. The Morgan fingerprint density at radius 3 is 2.75 bits per heavy atom. The molecule has 4 aromatic heterocycles. The average Bonchev–Trinajstić information content (AvgIpc) is 3.04. The summed E-state index contributed by atoms with van der Waals surface area (Å²) < 4.78 is 3.78. The fourth-order valence-electron chi connectivity index (χ4n) is 2.24. The van der Waals surface area contributed by atoms with E-state index >= 15 is 0 Å². The standard InChI is InChI=1S/C14H8Cl2N4/c15-9-1-4-20-8-11(18-12(20)7-9)10-2-5-19-6-3-17-14(19)13(10)16/h1-8H. The maximum absolute atomic E-state index is 6.42. The van der Waals surface area contributed by atoms with Crippen molar-refractivity contribution in [1.29, 1.82) is 0 Å². The van der Waals surface area contributed by atoms with Crippen LogP contribution in [0.5, 0.6) is 0 Å². The normalized spacial score (nSPS) is 11.5. The first-order chi connectivity index (χ1) is 9.72. The Morgan fingerprint density at radius 2 is 1.85 bits per heavy atom. The van der Waals surface area contributed by atoms with Crippen LogP contribution in [0.25, 0.3) is 22.6 Å². The molecule has 6 heteroatoms. The second-order valence-electron chi connectivity index (χ2n) is 4.44. The molecule has 0 bridgehead atoms. The van der Waals surface area contributed by atoms with Gasteiger partial charge in [0.1, 0.15) is 5.65 Å². The van der Waals surface area contributed by atoms with E-state index in [0.29, 0.717) is 10.0 Å². The van der Waals surface area contributed by atoms with Gasteiger partial charge in [-0.2, -0.15) is 0 Å². The van der Waals surface area contributed by atoms with Crippen molar-refractivity contribution >= 4 is 34.5 Å². The van der Waals surface area contributed by atoms with E-state index in [1.54, 1.807) is 6.20 Å². The molecular formula is C14H8Cl2N4. The molecule has 0 aliphatic heterocycles. The van der Waals surface area contributed by atoms with Crippen molar-refractivity contribution in [2.24, 2.45) is 0 Å². The molecule has 0 atom stereocenters. The first-order valence-corrected chi connectivity index (χ1v) is 6.74. The van der Waals surface area contributed by atoms with E-state index in [9.17, 15) is 0 Å². The summed E-state index contributed by atoms with van der Waals surface area (Å²) in [5.74, 6) is 0. The van der Waals surface area contributed by atoms with Gasteiger partial charge in [0.05, 0.1) is 10.7 Å². The highest BCUT2D eigenvalue weighted by atomic mass is 35.5. The Hall–Kier alpha value is -2.04. The number of hydrogen-bond acceptors (Lipinski definition) is 2. The summed E-state index contributed by atoms with van der Waals surface area (Å²) in [7, 11) is 0. The Bertz CT molecular complexity index is 939. The number of aromatic nitrogens is 4. The summed E-state index contributed by atoms with van der Waals surface area (Å²) in [6.45, 7) is 0. The highest BCUT2D eigenvalue weighted by molar-refractivity contribution is 6.36. The van der Waals surface area contributed by atoms with Gasteiger partial charge in [-0.3, -0.25) is 0 Å². The van der Waals surface area contributed by atoms with Crippen molar-refractivity contribution in [2.75, 3.05) is 0 Å². The maximum Gasteiger partial charge on any atom is 0.156 e. The molecule has 0 aromatic carbocycles. The van der Waals surface area contributed by atoms with Gasteiger partial charge in [-0.1, -0.05) is 23.2 Å². The maximum atomic E-state index is 6.42. The topological polar surface area (TPSA) is 34.6 Å². The zero-order chi connectivity index (χ0) is 13.7. The number of imidazole rings is 2. The average molecular weight is 303 g/mol. The number of pyridine rings is 2. The van der Waals surface area contributed by atoms with E-state index in [-0.39, 0.29) is 0 Å². The van der Waals surface area contributed by atoms with Crippen molar-refractivity contribution in [3.8, 4) is 11.3 Å². The largest absolute Gasteiger partial charge is 0.306 e. The van der Waals surface area contributed by atoms with Gasteiger partial charge in [-0.25, -0.2) is 9.97 Å². The monoisotopic (exact) mass is 302 g/mol. The second-order valence-corrected chi connectivity index (χ2v) is 5.25. The molecule has 0 aliphatic rings. The van der Waals surface area contributed by atoms with E-state index in [1.165, 1.54) is 0 Å². The van der Waals surface area contributed by atoms with Gasteiger partial charge in [0.25, 0.3) is 0 Å². The predicted molar refractivity (Wildman–Crippen MR) is 79.4 cm³/mol. The van der Waals surface area contributed by atoms with E-state index < -0.39 is 0 Å². The van der Waals surface area contributed by atoms with Crippen LogP contribution in [0.4, 0.5) is 0 Å². The van der Waals surface area contributed by atoms with Gasteiger partial charge in [0.2, 0.25) is 0 Å². The lowest BCUT2D eigenvalue weighted by molar-refractivity contribution is 1.18. The van der Waals surface area contributed by atoms with Crippen LogP contribution in [0.2, 0.25) is 10.0 Å². The van der Waals surface area contributed by atoms with Crippen molar-refractivity contribution in [3.05, 3.63) is 59.2 Å². The Labute approximate surface area is 124 Å². The van der Waals surface area contributed by atoms with Gasteiger partial charge in [-0.05, 0) is 12.1 Å². The zero-order valence-electron chi connectivity index (χ0n) is 10.2. The highest BCUT2D eigenvalue weighted by Crippen LogP contribution is 2.30. The van der Waals surface area contributed by atoms with Crippen LogP contribution >= 0.6 is 23.2 Å².